The third-order valence-electron chi connectivity index (χ3n) is 3.08. The second-order valence-electron chi connectivity index (χ2n) is 4.49. The SMILES string of the molecule is COc1ccccc1CN(C)c1cc(F)c(Br)cc1N. The van der Waals surface area contributed by atoms with Gasteiger partial charge in [-0.2, -0.15) is 0 Å². The van der Waals surface area contributed by atoms with Gasteiger partial charge in [0.2, 0.25) is 0 Å². The lowest BCUT2D eigenvalue weighted by molar-refractivity contribution is 0.409. The zero-order valence-corrected chi connectivity index (χ0v) is 12.9. The van der Waals surface area contributed by atoms with E-state index in [0.29, 0.717) is 22.4 Å². The van der Waals surface area contributed by atoms with E-state index in [1.807, 2.05) is 36.2 Å². The molecule has 5 heteroatoms. The van der Waals surface area contributed by atoms with E-state index in [9.17, 15) is 4.39 Å². The third-order valence-corrected chi connectivity index (χ3v) is 3.69. The van der Waals surface area contributed by atoms with Gasteiger partial charge in [0.15, 0.2) is 0 Å². The highest BCUT2D eigenvalue weighted by Crippen LogP contribution is 2.30. The number of anilines is 2. The lowest BCUT2D eigenvalue weighted by Gasteiger charge is -2.22. The molecule has 0 heterocycles. The van der Waals surface area contributed by atoms with Crippen molar-refractivity contribution < 1.29 is 9.13 Å². The molecule has 2 aromatic carbocycles. The first kappa shape index (κ1) is 14.7. The van der Waals surface area contributed by atoms with E-state index in [1.54, 1.807) is 13.2 Å². The fraction of sp³-hybridized carbons (Fsp3) is 0.200. The molecule has 0 saturated heterocycles. The molecular formula is C15H16BrFN2O. The summed E-state index contributed by atoms with van der Waals surface area (Å²) >= 11 is 3.13. The summed E-state index contributed by atoms with van der Waals surface area (Å²) in [6, 6.07) is 10.7. The number of halogens is 2. The normalized spacial score (nSPS) is 10.4. The second kappa shape index (κ2) is 6.13. The van der Waals surface area contributed by atoms with Gasteiger partial charge in [0.05, 0.1) is 23.0 Å². The molecule has 0 amide bonds. The van der Waals surface area contributed by atoms with E-state index < -0.39 is 0 Å². The van der Waals surface area contributed by atoms with Crippen molar-refractivity contribution in [2.75, 3.05) is 24.8 Å². The Bertz CT molecular complexity index is 619. The van der Waals surface area contributed by atoms with Crippen LogP contribution in [0.5, 0.6) is 5.75 Å². The number of rotatable bonds is 4. The van der Waals surface area contributed by atoms with E-state index in [4.69, 9.17) is 10.5 Å². The van der Waals surface area contributed by atoms with Crippen LogP contribution in [0.15, 0.2) is 40.9 Å². The zero-order valence-electron chi connectivity index (χ0n) is 11.4. The molecule has 20 heavy (non-hydrogen) atoms. The predicted molar refractivity (Wildman–Crippen MR) is 83.6 cm³/mol. The summed E-state index contributed by atoms with van der Waals surface area (Å²) in [5.41, 5.74) is 8.13. The number of hydrogen-bond acceptors (Lipinski definition) is 3. The van der Waals surface area contributed by atoms with E-state index in [-0.39, 0.29) is 5.82 Å². The maximum Gasteiger partial charge on any atom is 0.139 e. The predicted octanol–water partition coefficient (Wildman–Crippen LogP) is 3.82. The quantitative estimate of drug-likeness (QED) is 0.861. The molecule has 0 atom stereocenters. The van der Waals surface area contributed by atoms with Gasteiger partial charge in [-0.1, -0.05) is 18.2 Å². The summed E-state index contributed by atoms with van der Waals surface area (Å²) < 4.78 is 19.3. The molecule has 0 aliphatic heterocycles. The lowest BCUT2D eigenvalue weighted by atomic mass is 10.1. The minimum atomic E-state index is -0.332. The highest BCUT2D eigenvalue weighted by molar-refractivity contribution is 9.10. The molecule has 0 saturated carbocycles. The zero-order chi connectivity index (χ0) is 14.7. The highest BCUT2D eigenvalue weighted by Gasteiger charge is 2.12. The number of nitrogens with zero attached hydrogens (tertiary/aromatic N) is 1. The number of ether oxygens (including phenoxy) is 1. The lowest BCUT2D eigenvalue weighted by Crippen LogP contribution is -2.18. The highest BCUT2D eigenvalue weighted by atomic mass is 79.9. The average Bonchev–Trinajstić information content (AvgIpc) is 2.43. The molecule has 0 bridgehead atoms. The van der Waals surface area contributed by atoms with Gasteiger partial charge in [0.25, 0.3) is 0 Å². The Balaban J connectivity index is 2.28. The Morgan fingerprint density at radius 3 is 2.70 bits per heavy atom. The molecule has 2 rings (SSSR count). The summed E-state index contributed by atoms with van der Waals surface area (Å²) in [6.07, 6.45) is 0. The van der Waals surface area contributed by atoms with E-state index in [1.165, 1.54) is 6.07 Å². The summed E-state index contributed by atoms with van der Waals surface area (Å²) in [6.45, 7) is 0.579. The van der Waals surface area contributed by atoms with Crippen LogP contribution >= 0.6 is 15.9 Å². The van der Waals surface area contributed by atoms with Crippen molar-refractivity contribution in [1.29, 1.82) is 0 Å². The van der Waals surface area contributed by atoms with Crippen LogP contribution in [0.25, 0.3) is 0 Å². The van der Waals surface area contributed by atoms with E-state index in [0.717, 1.165) is 11.3 Å². The summed E-state index contributed by atoms with van der Waals surface area (Å²) in [5, 5.41) is 0. The Hall–Kier alpha value is -1.75. The summed E-state index contributed by atoms with van der Waals surface area (Å²) in [4.78, 5) is 1.89. The Labute approximate surface area is 126 Å². The van der Waals surface area contributed by atoms with Gasteiger partial charge in [-0.3, -0.25) is 0 Å². The molecule has 0 spiro atoms. The van der Waals surface area contributed by atoms with Gasteiger partial charge in [-0.05, 0) is 28.1 Å². The van der Waals surface area contributed by atoms with Crippen molar-refractivity contribution in [2.45, 2.75) is 6.54 Å². The van der Waals surface area contributed by atoms with Crippen molar-refractivity contribution in [2.24, 2.45) is 0 Å². The fourth-order valence-electron chi connectivity index (χ4n) is 2.06. The number of para-hydroxylation sites is 1. The molecule has 0 aromatic heterocycles. The standard InChI is InChI=1S/C15H16BrFN2O/c1-19(9-10-5-3-4-6-15(10)20-2)14-8-12(17)11(16)7-13(14)18/h3-8H,9,18H2,1-2H3. The van der Waals surface area contributed by atoms with Crippen molar-refractivity contribution in [3.05, 3.63) is 52.3 Å². The number of nitrogen functional groups attached to an aromatic ring is 1. The van der Waals surface area contributed by atoms with Crippen LogP contribution in [-0.2, 0) is 6.54 Å². The van der Waals surface area contributed by atoms with Crippen LogP contribution in [0, 0.1) is 5.82 Å². The van der Waals surface area contributed by atoms with Gasteiger partial charge in [0.1, 0.15) is 11.6 Å². The van der Waals surface area contributed by atoms with Gasteiger partial charge in [0, 0.05) is 25.2 Å². The smallest absolute Gasteiger partial charge is 0.139 e. The molecule has 2 aromatic rings. The van der Waals surface area contributed by atoms with Crippen molar-refractivity contribution in [3.8, 4) is 5.75 Å². The van der Waals surface area contributed by atoms with Crippen LogP contribution in [0.3, 0.4) is 0 Å². The summed E-state index contributed by atoms with van der Waals surface area (Å²) in [5.74, 6) is 0.469. The minimum Gasteiger partial charge on any atom is -0.496 e. The summed E-state index contributed by atoms with van der Waals surface area (Å²) in [7, 11) is 3.50. The van der Waals surface area contributed by atoms with Gasteiger partial charge < -0.3 is 15.4 Å². The van der Waals surface area contributed by atoms with Gasteiger partial charge >= 0.3 is 0 Å². The monoisotopic (exact) mass is 338 g/mol. The van der Waals surface area contributed by atoms with Crippen molar-refractivity contribution in [1.82, 2.24) is 0 Å². The number of nitrogens with two attached hydrogens (primary N) is 1. The first-order valence-corrected chi connectivity index (χ1v) is 6.89. The average molecular weight is 339 g/mol. The van der Waals surface area contributed by atoms with Crippen LogP contribution in [0.2, 0.25) is 0 Å². The van der Waals surface area contributed by atoms with Gasteiger partial charge in [-0.15, -0.1) is 0 Å². The van der Waals surface area contributed by atoms with Crippen LogP contribution in [0.4, 0.5) is 15.8 Å². The molecular weight excluding hydrogens is 323 g/mol. The van der Waals surface area contributed by atoms with Crippen LogP contribution in [0.1, 0.15) is 5.56 Å². The van der Waals surface area contributed by atoms with E-state index in [2.05, 4.69) is 15.9 Å². The molecule has 0 unspecified atom stereocenters. The third kappa shape index (κ3) is 3.04. The Kier molecular flexibility index (Phi) is 4.49. The maximum atomic E-state index is 13.6. The number of benzene rings is 2. The molecule has 0 aliphatic carbocycles. The molecule has 3 nitrogen and oxygen atoms in total. The minimum absolute atomic E-state index is 0.332. The topological polar surface area (TPSA) is 38.5 Å². The van der Waals surface area contributed by atoms with Crippen LogP contribution < -0.4 is 15.4 Å². The molecule has 2 N–H and O–H groups in total. The van der Waals surface area contributed by atoms with E-state index >= 15 is 0 Å². The van der Waals surface area contributed by atoms with Crippen molar-refractivity contribution in [3.63, 3.8) is 0 Å². The largest absolute Gasteiger partial charge is 0.496 e. The molecule has 0 aliphatic rings. The molecule has 106 valence electrons. The Morgan fingerprint density at radius 2 is 2.00 bits per heavy atom. The number of hydrogen-bond donors (Lipinski definition) is 1. The first-order chi connectivity index (χ1) is 9.52. The first-order valence-electron chi connectivity index (χ1n) is 6.10. The second-order valence-corrected chi connectivity index (χ2v) is 5.35. The Morgan fingerprint density at radius 1 is 1.30 bits per heavy atom. The van der Waals surface area contributed by atoms with Gasteiger partial charge in [-0.25, -0.2) is 4.39 Å². The maximum absolute atomic E-state index is 13.6. The van der Waals surface area contributed by atoms with Crippen LogP contribution in [-0.4, -0.2) is 14.2 Å². The number of methoxy groups -OCH3 is 1. The molecule has 0 radical (unpaired) electrons. The van der Waals surface area contributed by atoms with Crippen molar-refractivity contribution >= 4 is 27.3 Å². The fourth-order valence-corrected chi connectivity index (χ4v) is 2.42. The molecule has 0 fully saturated rings.